The predicted octanol–water partition coefficient (Wildman–Crippen LogP) is 3.10. The van der Waals surface area contributed by atoms with E-state index in [1.807, 2.05) is 54.6 Å². The average molecular weight is 467 g/mol. The van der Waals surface area contributed by atoms with Crippen molar-refractivity contribution in [2.24, 2.45) is 0 Å². The van der Waals surface area contributed by atoms with E-state index in [-0.39, 0.29) is 17.5 Å². The highest BCUT2D eigenvalue weighted by Gasteiger charge is 2.28. The molecule has 2 heterocycles. The Balaban J connectivity index is 1.46. The zero-order chi connectivity index (χ0) is 23.0. The number of carbonyl (C=O) groups excluding carboxylic acids is 2. The van der Waals surface area contributed by atoms with Crippen LogP contribution in [-0.4, -0.2) is 61.2 Å². The molecule has 33 heavy (non-hydrogen) atoms. The second kappa shape index (κ2) is 10.9. The van der Waals surface area contributed by atoms with Gasteiger partial charge in [0.05, 0.1) is 20.3 Å². The average Bonchev–Trinajstić information content (AvgIpc) is 3.33. The maximum Gasteiger partial charge on any atom is 0.271 e. The summed E-state index contributed by atoms with van der Waals surface area (Å²) in [5, 5.41) is 8.33. The quantitative estimate of drug-likeness (QED) is 0.530. The molecule has 172 valence electrons. The van der Waals surface area contributed by atoms with E-state index in [0.717, 1.165) is 17.0 Å². The normalized spacial score (nSPS) is 14.4. The minimum absolute atomic E-state index is 0.111. The second-order valence-electron chi connectivity index (χ2n) is 7.55. The topological polar surface area (TPSA) is 92.8 Å². The fourth-order valence-electron chi connectivity index (χ4n) is 3.55. The number of aromatic nitrogens is 1. The van der Waals surface area contributed by atoms with Crippen molar-refractivity contribution in [1.29, 1.82) is 0 Å². The summed E-state index contributed by atoms with van der Waals surface area (Å²) >= 11 is 1.32. The van der Waals surface area contributed by atoms with Crippen molar-refractivity contribution in [2.45, 2.75) is 12.5 Å². The Morgan fingerprint density at radius 1 is 1.15 bits per heavy atom. The lowest BCUT2D eigenvalue weighted by molar-refractivity contribution is -0.137. The van der Waals surface area contributed by atoms with Gasteiger partial charge in [0.15, 0.2) is 5.13 Å². The first-order valence-electron chi connectivity index (χ1n) is 10.7. The zero-order valence-corrected chi connectivity index (χ0v) is 19.1. The van der Waals surface area contributed by atoms with Gasteiger partial charge in [-0.25, -0.2) is 4.98 Å². The number of morpholine rings is 1. The molecule has 1 saturated heterocycles. The molecule has 0 radical (unpaired) electrons. The van der Waals surface area contributed by atoms with Gasteiger partial charge in [0.1, 0.15) is 17.5 Å². The second-order valence-corrected chi connectivity index (χ2v) is 8.41. The Morgan fingerprint density at radius 3 is 2.70 bits per heavy atom. The van der Waals surface area contributed by atoms with Crippen molar-refractivity contribution >= 4 is 34.0 Å². The number of rotatable bonds is 8. The molecule has 3 aromatic rings. The zero-order valence-electron chi connectivity index (χ0n) is 18.3. The molecule has 2 aromatic carbocycles. The summed E-state index contributed by atoms with van der Waals surface area (Å²) in [6.07, 6.45) is 0.405. The van der Waals surface area contributed by atoms with E-state index in [9.17, 15) is 9.59 Å². The fraction of sp³-hybridized carbons (Fsp3) is 0.292. The molecule has 9 heteroatoms. The third kappa shape index (κ3) is 6.09. The van der Waals surface area contributed by atoms with E-state index < -0.39 is 6.04 Å². The summed E-state index contributed by atoms with van der Waals surface area (Å²) in [7, 11) is 1.61. The van der Waals surface area contributed by atoms with Gasteiger partial charge in [0.2, 0.25) is 5.91 Å². The van der Waals surface area contributed by atoms with E-state index in [4.69, 9.17) is 9.47 Å². The summed E-state index contributed by atoms with van der Waals surface area (Å²) in [5.41, 5.74) is 2.04. The number of amides is 2. The fourth-order valence-corrected chi connectivity index (χ4v) is 4.26. The van der Waals surface area contributed by atoms with Crippen LogP contribution in [0.15, 0.2) is 60.0 Å². The first-order valence-corrected chi connectivity index (χ1v) is 11.6. The van der Waals surface area contributed by atoms with Gasteiger partial charge in [0.25, 0.3) is 5.91 Å². The highest BCUT2D eigenvalue weighted by Crippen LogP contribution is 2.24. The SMILES string of the molecule is COc1cccc(Nc2nc(C(=O)NC(Cc3ccccc3)C(=O)N3CCOCC3)cs2)c1. The van der Waals surface area contributed by atoms with Crippen LogP contribution < -0.4 is 15.4 Å². The standard InChI is InChI=1S/C24H26N4O4S/c1-31-19-9-5-8-18(15-19)25-24-27-21(16-33-24)22(29)26-20(14-17-6-3-2-4-7-17)23(30)28-10-12-32-13-11-28/h2-9,15-16,20H,10-14H2,1H3,(H,25,27)(H,26,29). The summed E-state index contributed by atoms with van der Waals surface area (Å²) in [5.74, 6) is 0.229. The maximum absolute atomic E-state index is 13.2. The molecule has 1 aliphatic rings. The Hall–Kier alpha value is -3.43. The molecule has 1 aliphatic heterocycles. The Morgan fingerprint density at radius 2 is 1.94 bits per heavy atom. The van der Waals surface area contributed by atoms with E-state index >= 15 is 0 Å². The van der Waals surface area contributed by atoms with Crippen LogP contribution in [0.2, 0.25) is 0 Å². The van der Waals surface area contributed by atoms with Crippen molar-refractivity contribution in [3.05, 3.63) is 71.2 Å². The van der Waals surface area contributed by atoms with Crippen LogP contribution in [0.1, 0.15) is 16.1 Å². The number of benzene rings is 2. The molecule has 8 nitrogen and oxygen atoms in total. The van der Waals surface area contributed by atoms with Crippen LogP contribution in [0.3, 0.4) is 0 Å². The minimum Gasteiger partial charge on any atom is -0.497 e. The van der Waals surface area contributed by atoms with Gasteiger partial charge in [-0.05, 0) is 17.7 Å². The molecule has 0 aliphatic carbocycles. The van der Waals surface area contributed by atoms with Gasteiger partial charge in [-0.1, -0.05) is 36.4 Å². The van der Waals surface area contributed by atoms with Crippen LogP contribution >= 0.6 is 11.3 Å². The number of anilines is 2. The third-order valence-corrected chi connectivity index (χ3v) is 6.02. The van der Waals surface area contributed by atoms with Crippen LogP contribution in [0.4, 0.5) is 10.8 Å². The summed E-state index contributed by atoms with van der Waals surface area (Å²) < 4.78 is 10.6. The van der Waals surface area contributed by atoms with Crippen LogP contribution in [0.5, 0.6) is 5.75 Å². The lowest BCUT2D eigenvalue weighted by Crippen LogP contribution is -2.52. The number of nitrogens with one attached hydrogen (secondary N) is 2. The Labute approximate surface area is 196 Å². The molecule has 4 rings (SSSR count). The van der Waals surface area contributed by atoms with Crippen LogP contribution in [0, 0.1) is 0 Å². The van der Waals surface area contributed by atoms with Crippen molar-refractivity contribution in [1.82, 2.24) is 15.2 Å². The van der Waals surface area contributed by atoms with E-state index in [1.165, 1.54) is 11.3 Å². The Kier molecular flexibility index (Phi) is 7.54. The van der Waals surface area contributed by atoms with Gasteiger partial charge < -0.3 is 25.0 Å². The van der Waals surface area contributed by atoms with E-state index in [2.05, 4.69) is 15.6 Å². The van der Waals surface area contributed by atoms with Crippen LogP contribution in [0.25, 0.3) is 0 Å². The lowest BCUT2D eigenvalue weighted by Gasteiger charge is -2.30. The van der Waals surface area contributed by atoms with Gasteiger partial charge >= 0.3 is 0 Å². The molecule has 1 unspecified atom stereocenters. The number of hydrogen-bond donors (Lipinski definition) is 2. The highest BCUT2D eigenvalue weighted by molar-refractivity contribution is 7.14. The molecule has 0 bridgehead atoms. The molecule has 0 spiro atoms. The largest absolute Gasteiger partial charge is 0.497 e. The molecule has 1 fully saturated rings. The summed E-state index contributed by atoms with van der Waals surface area (Å²) in [6, 6.07) is 16.4. The first kappa shape index (κ1) is 22.8. The number of ether oxygens (including phenoxy) is 2. The van der Waals surface area contributed by atoms with Crippen molar-refractivity contribution < 1.29 is 19.1 Å². The molecule has 0 saturated carbocycles. The van der Waals surface area contributed by atoms with E-state index in [1.54, 1.807) is 17.4 Å². The summed E-state index contributed by atoms with van der Waals surface area (Å²) in [4.78, 5) is 32.3. The first-order chi connectivity index (χ1) is 16.1. The van der Waals surface area contributed by atoms with E-state index in [0.29, 0.717) is 37.9 Å². The molecule has 2 N–H and O–H groups in total. The molecular formula is C24H26N4O4S. The molecular weight excluding hydrogens is 440 g/mol. The van der Waals surface area contributed by atoms with Crippen molar-refractivity contribution in [3.8, 4) is 5.75 Å². The van der Waals surface area contributed by atoms with Gasteiger partial charge in [0, 0.05) is 36.6 Å². The number of thiazole rings is 1. The summed E-state index contributed by atoms with van der Waals surface area (Å²) in [6.45, 7) is 2.04. The van der Waals surface area contributed by atoms with Gasteiger partial charge in [-0.3, -0.25) is 9.59 Å². The number of methoxy groups -OCH3 is 1. The lowest BCUT2D eigenvalue weighted by atomic mass is 10.0. The molecule has 2 amide bonds. The molecule has 1 atom stereocenters. The number of hydrogen-bond acceptors (Lipinski definition) is 7. The van der Waals surface area contributed by atoms with Crippen LogP contribution in [-0.2, 0) is 16.0 Å². The smallest absolute Gasteiger partial charge is 0.271 e. The number of nitrogens with zero attached hydrogens (tertiary/aromatic N) is 2. The third-order valence-electron chi connectivity index (χ3n) is 5.27. The van der Waals surface area contributed by atoms with Gasteiger partial charge in [-0.2, -0.15) is 0 Å². The monoisotopic (exact) mass is 466 g/mol. The van der Waals surface area contributed by atoms with Crippen molar-refractivity contribution in [3.63, 3.8) is 0 Å². The highest BCUT2D eigenvalue weighted by atomic mass is 32.1. The predicted molar refractivity (Wildman–Crippen MR) is 127 cm³/mol. The molecule has 1 aromatic heterocycles. The Bertz CT molecular complexity index is 1080. The maximum atomic E-state index is 13.2. The minimum atomic E-state index is -0.686. The van der Waals surface area contributed by atoms with Gasteiger partial charge in [-0.15, -0.1) is 11.3 Å². The number of carbonyl (C=O) groups is 2. The van der Waals surface area contributed by atoms with Crippen molar-refractivity contribution in [2.75, 3.05) is 38.7 Å².